The van der Waals surface area contributed by atoms with Gasteiger partial charge in [-0.05, 0) is 105 Å². The molecule has 0 aromatic heterocycles. The van der Waals surface area contributed by atoms with Crippen molar-refractivity contribution in [1.82, 2.24) is 0 Å². The molecule has 0 amide bonds. The van der Waals surface area contributed by atoms with Gasteiger partial charge in [-0.2, -0.15) is 0 Å². The van der Waals surface area contributed by atoms with Crippen molar-refractivity contribution in [1.29, 1.82) is 0 Å². The summed E-state index contributed by atoms with van der Waals surface area (Å²) < 4.78 is 0. The first-order valence-electron chi connectivity index (χ1n) is 20.9. The number of para-hydroxylation sites is 4. The molecule has 0 spiro atoms. The fourth-order valence-electron chi connectivity index (χ4n) is 9.52. The Hall–Kier alpha value is -7.68. The monoisotopic (exact) mass is 766 g/mol. The van der Waals surface area contributed by atoms with Gasteiger partial charge in [-0.25, -0.2) is 0 Å². The minimum atomic E-state index is 0.980. The quantitative estimate of drug-likeness (QED) is 0.142. The number of anilines is 6. The van der Waals surface area contributed by atoms with Crippen LogP contribution in [0.25, 0.3) is 60.6 Å². The Labute approximate surface area is 351 Å². The summed E-state index contributed by atoms with van der Waals surface area (Å²) in [7, 11) is 0. The van der Waals surface area contributed by atoms with E-state index in [9.17, 15) is 0 Å². The van der Waals surface area contributed by atoms with E-state index >= 15 is 0 Å². The minimum Gasteiger partial charge on any atom is -0.309 e. The molecule has 0 fully saturated rings. The molecule has 0 saturated carbocycles. The lowest BCUT2D eigenvalue weighted by molar-refractivity contribution is 0.989. The van der Waals surface area contributed by atoms with Crippen LogP contribution in [-0.4, -0.2) is 0 Å². The summed E-state index contributed by atoms with van der Waals surface area (Å²) in [5.41, 5.74) is 14.7. The normalized spacial score (nSPS) is 12.1. The summed E-state index contributed by atoms with van der Waals surface area (Å²) in [5.74, 6) is 0. The van der Waals surface area contributed by atoms with Gasteiger partial charge >= 0.3 is 0 Å². The number of allylic oxidation sites excluding steroid dienone is 1. The van der Waals surface area contributed by atoms with Crippen molar-refractivity contribution in [2.75, 3.05) is 9.80 Å². The second-order valence-electron chi connectivity index (χ2n) is 15.5. The number of fused-ring (bicyclic) bond motifs is 4. The van der Waals surface area contributed by atoms with Crippen molar-refractivity contribution in [3.8, 4) is 22.3 Å². The first-order valence-corrected chi connectivity index (χ1v) is 20.9. The molecular weight excluding hydrogens is 725 g/mol. The predicted molar refractivity (Wildman–Crippen MR) is 257 cm³/mol. The van der Waals surface area contributed by atoms with Crippen molar-refractivity contribution in [2.24, 2.45) is 0 Å². The third-order valence-corrected chi connectivity index (χ3v) is 12.0. The van der Waals surface area contributed by atoms with E-state index in [0.717, 1.165) is 35.6 Å². The van der Waals surface area contributed by atoms with E-state index in [1.165, 1.54) is 77.1 Å². The van der Waals surface area contributed by atoms with Gasteiger partial charge in [0.05, 0.1) is 11.4 Å². The van der Waals surface area contributed by atoms with Crippen molar-refractivity contribution >= 4 is 72.5 Å². The summed E-state index contributed by atoms with van der Waals surface area (Å²) in [4.78, 5) is 4.86. The Morgan fingerprint density at radius 3 is 1.07 bits per heavy atom. The summed E-state index contributed by atoms with van der Waals surface area (Å²) in [6.07, 6.45) is 6.71. The second-order valence-corrected chi connectivity index (χ2v) is 15.5. The van der Waals surface area contributed by atoms with E-state index in [-0.39, 0.29) is 0 Å². The lowest BCUT2D eigenvalue weighted by atomic mass is 9.83. The molecule has 60 heavy (non-hydrogen) atoms. The third kappa shape index (κ3) is 6.04. The van der Waals surface area contributed by atoms with E-state index in [4.69, 9.17) is 0 Å². The highest BCUT2D eigenvalue weighted by atomic mass is 15.2. The van der Waals surface area contributed by atoms with Crippen LogP contribution in [0.1, 0.15) is 17.5 Å². The number of benzene rings is 10. The number of rotatable bonds is 8. The maximum Gasteiger partial charge on any atom is 0.0618 e. The van der Waals surface area contributed by atoms with Crippen molar-refractivity contribution in [3.63, 3.8) is 0 Å². The first-order chi connectivity index (χ1) is 29.8. The van der Waals surface area contributed by atoms with Gasteiger partial charge in [0.2, 0.25) is 0 Å². The van der Waals surface area contributed by atoms with Crippen molar-refractivity contribution in [3.05, 3.63) is 236 Å². The number of hydrogen-bond donors (Lipinski definition) is 0. The van der Waals surface area contributed by atoms with Crippen LogP contribution in [0.2, 0.25) is 0 Å². The molecule has 0 heterocycles. The van der Waals surface area contributed by atoms with Gasteiger partial charge in [0.1, 0.15) is 0 Å². The average Bonchev–Trinajstić information content (AvgIpc) is 3.33. The Balaban J connectivity index is 1.11. The van der Waals surface area contributed by atoms with Crippen molar-refractivity contribution in [2.45, 2.75) is 12.8 Å². The zero-order valence-corrected chi connectivity index (χ0v) is 33.2. The molecule has 2 nitrogen and oxygen atoms in total. The maximum absolute atomic E-state index is 2.44. The molecule has 1 aliphatic rings. The third-order valence-electron chi connectivity index (χ3n) is 12.0. The second kappa shape index (κ2) is 15.2. The van der Waals surface area contributed by atoms with E-state index in [0.29, 0.717) is 0 Å². The largest absolute Gasteiger partial charge is 0.309 e. The Bertz CT molecular complexity index is 3040. The molecule has 0 atom stereocenters. The van der Waals surface area contributed by atoms with Gasteiger partial charge in [0.15, 0.2) is 0 Å². The van der Waals surface area contributed by atoms with E-state index in [1.807, 2.05) is 0 Å². The summed E-state index contributed by atoms with van der Waals surface area (Å²) >= 11 is 0. The molecule has 1 aliphatic carbocycles. The molecule has 0 N–H and O–H groups in total. The van der Waals surface area contributed by atoms with Crippen LogP contribution < -0.4 is 9.80 Å². The minimum absolute atomic E-state index is 0.980. The molecule has 0 saturated heterocycles. The molecule has 284 valence electrons. The Morgan fingerprint density at radius 2 is 0.633 bits per heavy atom. The van der Waals surface area contributed by atoms with E-state index in [2.05, 4.69) is 240 Å². The lowest BCUT2D eigenvalue weighted by Gasteiger charge is -2.32. The van der Waals surface area contributed by atoms with E-state index < -0.39 is 0 Å². The van der Waals surface area contributed by atoms with E-state index in [1.54, 1.807) is 0 Å². The highest BCUT2D eigenvalue weighted by molar-refractivity contribution is 6.22. The maximum atomic E-state index is 2.44. The summed E-state index contributed by atoms with van der Waals surface area (Å²) in [5, 5.41) is 7.40. The molecule has 11 rings (SSSR count). The lowest BCUT2D eigenvalue weighted by Crippen LogP contribution is -2.14. The van der Waals surface area contributed by atoms with Crippen LogP contribution in [0.4, 0.5) is 34.1 Å². The highest BCUT2D eigenvalue weighted by Gasteiger charge is 2.26. The fraction of sp³-hybridized carbons (Fsp3) is 0.0345. The van der Waals surface area contributed by atoms with Crippen molar-refractivity contribution < 1.29 is 0 Å². The van der Waals surface area contributed by atoms with Gasteiger partial charge in [-0.1, -0.05) is 182 Å². The van der Waals surface area contributed by atoms with Crippen LogP contribution in [0.15, 0.2) is 224 Å². The topological polar surface area (TPSA) is 6.48 Å². The summed E-state index contributed by atoms with van der Waals surface area (Å²) in [6, 6.07) is 79.3. The summed E-state index contributed by atoms with van der Waals surface area (Å²) in [6.45, 7) is 0. The van der Waals surface area contributed by atoms with Crippen LogP contribution in [0, 0.1) is 0 Å². The van der Waals surface area contributed by atoms with Gasteiger partial charge in [-0.15, -0.1) is 0 Å². The Kier molecular flexibility index (Phi) is 9.02. The molecule has 0 unspecified atom stereocenters. The molecule has 2 heteroatoms. The number of nitrogens with zero attached hydrogens (tertiary/aromatic N) is 2. The molecule has 0 bridgehead atoms. The smallest absolute Gasteiger partial charge is 0.0618 e. The van der Waals surface area contributed by atoms with Crippen LogP contribution in [0.3, 0.4) is 0 Å². The van der Waals surface area contributed by atoms with Crippen LogP contribution in [-0.2, 0) is 6.42 Å². The molecular formula is C58H42N2. The Morgan fingerprint density at radius 1 is 0.300 bits per heavy atom. The molecule has 0 aliphatic heterocycles. The standard InChI is InChI=1S/C58H42N2/c1-5-21-43(22-6-1)59(44-23-7-2-8-24-44)57-51-33-17-13-29-47(51)55(48-30-14-18-34-52(48)57)41-37-39-42(40-38-41)56-49-31-15-19-35-53(49)58(54-36-20-16-32-50(54)56)60(45-25-9-3-10-26-45)46-27-11-4-12-28-46/h1-15,17-31,33-40H,16,32H2. The highest BCUT2D eigenvalue weighted by Crippen LogP contribution is 2.51. The number of hydrogen-bond acceptors (Lipinski definition) is 2. The molecule has 10 aromatic carbocycles. The first kappa shape index (κ1) is 35.5. The average molecular weight is 767 g/mol. The van der Waals surface area contributed by atoms with Gasteiger partial charge in [0, 0.05) is 44.5 Å². The predicted octanol–water partition coefficient (Wildman–Crippen LogP) is 16.4. The zero-order valence-electron chi connectivity index (χ0n) is 33.2. The SMILES string of the molecule is C1=Cc2c(c(-c3ccc(-c4c5ccccc5c(N(c5ccccc5)c5ccccc5)c5ccccc45)cc3)c3ccccc3c2N(c2ccccc2)c2ccccc2)CC1. The van der Waals surface area contributed by atoms with Gasteiger partial charge in [-0.3, -0.25) is 0 Å². The fourth-order valence-corrected chi connectivity index (χ4v) is 9.52. The van der Waals surface area contributed by atoms with Crippen LogP contribution in [0.5, 0.6) is 0 Å². The van der Waals surface area contributed by atoms with Crippen LogP contribution >= 0.6 is 0 Å². The zero-order chi connectivity index (χ0) is 39.8. The molecule has 0 radical (unpaired) electrons. The van der Waals surface area contributed by atoms with Gasteiger partial charge < -0.3 is 9.80 Å². The molecule has 10 aromatic rings. The van der Waals surface area contributed by atoms with Gasteiger partial charge in [0.25, 0.3) is 0 Å².